The van der Waals surface area contributed by atoms with Gasteiger partial charge in [-0.2, -0.15) is 0 Å². The van der Waals surface area contributed by atoms with Crippen LogP contribution in [0.3, 0.4) is 0 Å². The van der Waals surface area contributed by atoms with E-state index in [4.69, 9.17) is 9.47 Å². The summed E-state index contributed by atoms with van der Waals surface area (Å²) in [6.07, 6.45) is 0. The molecule has 0 spiro atoms. The van der Waals surface area contributed by atoms with Crippen LogP contribution >= 0.6 is 0 Å². The van der Waals surface area contributed by atoms with Gasteiger partial charge in [-0.25, -0.2) is 0 Å². The van der Waals surface area contributed by atoms with Crippen LogP contribution in [0.2, 0.25) is 0 Å². The maximum Gasteiger partial charge on any atom is 0.127 e. The molecule has 0 heterocycles. The maximum atomic E-state index is 9.66. The Morgan fingerprint density at radius 3 is 1.09 bits per heavy atom. The number of fused-ring (bicyclic) bond motifs is 3. The molecule has 7 rings (SSSR count). The average molecular weight is 619 g/mol. The van der Waals surface area contributed by atoms with Crippen LogP contribution in [-0.4, -0.2) is 36.6 Å². The number of ether oxygens (including phenoxy) is 2. The minimum atomic E-state index is -0.712. The van der Waals surface area contributed by atoms with Crippen LogP contribution in [0.1, 0.15) is 33.4 Å². The summed E-state index contributed by atoms with van der Waals surface area (Å²) in [6, 6.07) is 47.3. The topological polar surface area (TPSA) is 58.9 Å². The lowest BCUT2D eigenvalue weighted by Gasteiger charge is -2.37. The van der Waals surface area contributed by atoms with Crippen LogP contribution in [0.25, 0.3) is 33.4 Å². The molecule has 0 amide bonds. The first-order chi connectivity index (χ1) is 23.1. The smallest absolute Gasteiger partial charge is 0.127 e. The third kappa shape index (κ3) is 5.20. The van der Waals surface area contributed by atoms with E-state index in [1.807, 2.05) is 12.1 Å². The van der Waals surface area contributed by atoms with E-state index in [1.165, 1.54) is 22.3 Å². The lowest BCUT2D eigenvalue weighted by Crippen LogP contribution is -2.30. The number of aliphatic hydroxyl groups excluding tert-OH is 2. The van der Waals surface area contributed by atoms with Crippen LogP contribution in [-0.2, 0) is 5.41 Å². The van der Waals surface area contributed by atoms with Crippen molar-refractivity contribution in [2.24, 2.45) is 0 Å². The van der Waals surface area contributed by atoms with Crippen molar-refractivity contribution >= 4 is 0 Å². The Kier molecular flexibility index (Phi) is 8.38. The summed E-state index contributed by atoms with van der Waals surface area (Å²) in [7, 11) is 0. The molecule has 2 N–H and O–H groups in total. The van der Waals surface area contributed by atoms with Crippen molar-refractivity contribution in [1.82, 2.24) is 0 Å². The molecule has 0 aromatic heterocycles. The van der Waals surface area contributed by atoms with Crippen LogP contribution in [0.5, 0.6) is 11.5 Å². The summed E-state index contributed by atoms with van der Waals surface area (Å²) < 4.78 is 12.3. The van der Waals surface area contributed by atoms with E-state index in [1.54, 1.807) is 0 Å². The quantitative estimate of drug-likeness (QED) is 0.161. The van der Waals surface area contributed by atoms with Gasteiger partial charge in [0.25, 0.3) is 0 Å². The first kappa shape index (κ1) is 30.5. The number of benzene rings is 6. The fourth-order valence-corrected chi connectivity index (χ4v) is 7.32. The van der Waals surface area contributed by atoms with Crippen LogP contribution in [0.4, 0.5) is 0 Å². The van der Waals surface area contributed by atoms with E-state index in [-0.39, 0.29) is 26.4 Å². The molecular weight excluding hydrogens is 580 g/mol. The van der Waals surface area contributed by atoms with Gasteiger partial charge >= 0.3 is 0 Å². The molecule has 0 fully saturated rings. The third-order valence-corrected chi connectivity index (χ3v) is 9.16. The average Bonchev–Trinajstić information content (AvgIpc) is 3.41. The molecule has 1 aliphatic carbocycles. The molecule has 0 radical (unpaired) electrons. The standard InChI is InChI=1S/C43H38O4/c1-29-19-21-41(46-25-23-44)35(27-29)33-13-5-9-17-39(33)43(37-15-7-3-11-31(37)32-12-4-8-16-38(32)43)40-18-10-6-14-34(40)36-28-30(2)20-22-42(36)47-26-24-45/h3-22,27-28,44-45H,23-26H2,1-2H3. The predicted octanol–water partition coefficient (Wildman–Crippen LogP) is 8.74. The van der Waals surface area contributed by atoms with Gasteiger partial charge in [-0.3, -0.25) is 0 Å². The highest BCUT2D eigenvalue weighted by Gasteiger charge is 2.48. The van der Waals surface area contributed by atoms with Crippen molar-refractivity contribution in [1.29, 1.82) is 0 Å². The van der Waals surface area contributed by atoms with E-state index in [0.29, 0.717) is 0 Å². The summed E-state index contributed by atoms with van der Waals surface area (Å²) in [5, 5.41) is 19.3. The monoisotopic (exact) mass is 618 g/mol. The zero-order valence-corrected chi connectivity index (χ0v) is 26.7. The third-order valence-electron chi connectivity index (χ3n) is 9.16. The highest BCUT2D eigenvalue weighted by molar-refractivity contribution is 5.92. The van der Waals surface area contributed by atoms with Crippen molar-refractivity contribution in [2.45, 2.75) is 19.3 Å². The highest BCUT2D eigenvalue weighted by Crippen LogP contribution is 2.59. The second kappa shape index (κ2) is 12.9. The maximum absolute atomic E-state index is 9.66. The van der Waals surface area contributed by atoms with Gasteiger partial charge in [0, 0.05) is 11.1 Å². The summed E-state index contributed by atoms with van der Waals surface area (Å²) in [5.41, 5.74) is 12.7. The molecule has 0 saturated heterocycles. The van der Waals surface area contributed by atoms with Gasteiger partial charge in [-0.05, 0) is 82.6 Å². The molecule has 234 valence electrons. The van der Waals surface area contributed by atoms with Crippen molar-refractivity contribution in [3.63, 3.8) is 0 Å². The Hall–Kier alpha value is -5.16. The first-order valence-electron chi connectivity index (χ1n) is 16.2. The molecule has 0 bridgehead atoms. The van der Waals surface area contributed by atoms with E-state index in [9.17, 15) is 10.2 Å². The van der Waals surface area contributed by atoms with Crippen molar-refractivity contribution in [3.05, 3.63) is 167 Å². The molecule has 0 aliphatic heterocycles. The van der Waals surface area contributed by atoms with Gasteiger partial charge < -0.3 is 19.7 Å². The Balaban J connectivity index is 1.62. The Morgan fingerprint density at radius 1 is 0.426 bits per heavy atom. The lowest BCUT2D eigenvalue weighted by atomic mass is 9.64. The molecule has 6 aromatic rings. The Morgan fingerprint density at radius 2 is 0.745 bits per heavy atom. The lowest BCUT2D eigenvalue weighted by molar-refractivity contribution is 0.202. The Labute approximate surface area is 276 Å². The molecule has 1 aliphatic rings. The minimum absolute atomic E-state index is 0.0653. The molecule has 6 aromatic carbocycles. The fraction of sp³-hybridized carbons (Fsp3) is 0.163. The fourth-order valence-electron chi connectivity index (χ4n) is 7.32. The van der Waals surface area contributed by atoms with Gasteiger partial charge in [0.2, 0.25) is 0 Å². The van der Waals surface area contributed by atoms with Crippen molar-refractivity contribution < 1.29 is 19.7 Å². The second-order valence-electron chi connectivity index (χ2n) is 12.1. The summed E-state index contributed by atoms with van der Waals surface area (Å²) in [5.74, 6) is 1.47. The number of hydrogen-bond acceptors (Lipinski definition) is 4. The minimum Gasteiger partial charge on any atom is -0.491 e. The van der Waals surface area contributed by atoms with Gasteiger partial charge in [0.15, 0.2) is 0 Å². The largest absolute Gasteiger partial charge is 0.491 e. The van der Waals surface area contributed by atoms with Crippen LogP contribution in [0.15, 0.2) is 133 Å². The van der Waals surface area contributed by atoms with Gasteiger partial charge in [-0.15, -0.1) is 0 Å². The summed E-state index contributed by atoms with van der Waals surface area (Å²) >= 11 is 0. The number of aliphatic hydroxyl groups is 2. The van der Waals surface area contributed by atoms with E-state index in [2.05, 4.69) is 135 Å². The van der Waals surface area contributed by atoms with Crippen molar-refractivity contribution in [3.8, 4) is 44.9 Å². The van der Waals surface area contributed by atoms with Gasteiger partial charge in [0.05, 0.1) is 18.6 Å². The SMILES string of the molecule is Cc1ccc(OCCO)c(-c2ccccc2C2(c3ccccc3-c3cc(C)ccc3OCCO)c3ccccc3-c3ccccc32)c1. The zero-order chi connectivity index (χ0) is 32.4. The molecule has 0 atom stereocenters. The van der Waals surface area contributed by atoms with Crippen molar-refractivity contribution in [2.75, 3.05) is 26.4 Å². The first-order valence-corrected chi connectivity index (χ1v) is 16.2. The second-order valence-corrected chi connectivity index (χ2v) is 12.1. The molecular formula is C43H38O4. The van der Waals surface area contributed by atoms with Gasteiger partial charge in [-0.1, -0.05) is 120 Å². The van der Waals surface area contributed by atoms with E-state index < -0.39 is 5.41 Å². The van der Waals surface area contributed by atoms with Crippen LogP contribution in [0, 0.1) is 13.8 Å². The zero-order valence-electron chi connectivity index (χ0n) is 26.7. The van der Waals surface area contributed by atoms with E-state index >= 15 is 0 Å². The Bertz CT molecular complexity index is 1910. The normalized spacial score (nSPS) is 12.8. The van der Waals surface area contributed by atoms with Crippen LogP contribution < -0.4 is 9.47 Å². The van der Waals surface area contributed by atoms with E-state index in [0.717, 1.165) is 56.0 Å². The molecule has 4 nitrogen and oxygen atoms in total. The molecule has 0 unspecified atom stereocenters. The summed E-state index contributed by atoms with van der Waals surface area (Å²) in [6.45, 7) is 4.48. The number of rotatable bonds is 10. The molecule has 47 heavy (non-hydrogen) atoms. The summed E-state index contributed by atoms with van der Waals surface area (Å²) in [4.78, 5) is 0. The molecule has 0 saturated carbocycles. The highest BCUT2D eigenvalue weighted by atomic mass is 16.5. The predicted molar refractivity (Wildman–Crippen MR) is 189 cm³/mol. The number of hydrogen-bond donors (Lipinski definition) is 2. The molecule has 4 heteroatoms. The van der Waals surface area contributed by atoms with Gasteiger partial charge in [0.1, 0.15) is 24.7 Å². The number of aryl methyl sites for hydroxylation is 2.